The van der Waals surface area contributed by atoms with E-state index in [9.17, 15) is 9.59 Å². The molecule has 0 fully saturated rings. The average Bonchev–Trinajstić information content (AvgIpc) is 3.13. The van der Waals surface area contributed by atoms with Crippen molar-refractivity contribution in [1.82, 2.24) is 9.47 Å². The highest BCUT2D eigenvalue weighted by atomic mass is 16.5. The van der Waals surface area contributed by atoms with Crippen LogP contribution in [0.25, 0.3) is 0 Å². The van der Waals surface area contributed by atoms with Gasteiger partial charge in [-0.3, -0.25) is 9.59 Å². The lowest BCUT2D eigenvalue weighted by molar-refractivity contribution is 0.0743. The maximum absolute atomic E-state index is 12.9. The molecule has 5 nitrogen and oxygen atoms in total. The van der Waals surface area contributed by atoms with Crippen LogP contribution in [-0.4, -0.2) is 27.7 Å². The number of aryl methyl sites for hydroxylation is 1. The molecule has 0 aliphatic rings. The predicted octanol–water partition coefficient (Wildman–Crippen LogP) is 4.47. The molecular weight excluding hydrogens is 364 g/mol. The molecule has 0 N–H and O–H groups in total. The van der Waals surface area contributed by atoms with Gasteiger partial charge in [0.15, 0.2) is 5.78 Å². The van der Waals surface area contributed by atoms with Crippen LogP contribution in [0.1, 0.15) is 45.8 Å². The fraction of sp³-hybridized carbons (Fsp3) is 0.250. The number of ketones is 1. The molecule has 3 aromatic rings. The highest BCUT2D eigenvalue weighted by Crippen LogP contribution is 2.17. The fourth-order valence-electron chi connectivity index (χ4n) is 3.11. The number of ether oxygens (including phenoxy) is 1. The second-order valence-corrected chi connectivity index (χ2v) is 7.02. The van der Waals surface area contributed by atoms with Gasteiger partial charge in [0.2, 0.25) is 0 Å². The van der Waals surface area contributed by atoms with Crippen molar-refractivity contribution in [2.45, 2.75) is 27.0 Å². The molecule has 2 aromatic carbocycles. The van der Waals surface area contributed by atoms with Crippen LogP contribution >= 0.6 is 0 Å². The normalized spacial score (nSPS) is 10.6. The first-order chi connectivity index (χ1) is 14.0. The standard InChI is InChI=1S/C24H26N2O3/c1-4-26(24(28)23-14-21(18(2)27)16-25(23)3)15-19-10-12-22(13-11-19)29-17-20-8-6-5-7-9-20/h5-14,16H,4,15,17H2,1-3H3. The van der Waals surface area contributed by atoms with Gasteiger partial charge in [0.25, 0.3) is 5.91 Å². The summed E-state index contributed by atoms with van der Waals surface area (Å²) in [4.78, 5) is 26.3. The largest absolute Gasteiger partial charge is 0.489 e. The Morgan fingerprint density at radius 2 is 1.69 bits per heavy atom. The Hall–Kier alpha value is -3.34. The highest BCUT2D eigenvalue weighted by Gasteiger charge is 2.19. The van der Waals surface area contributed by atoms with Gasteiger partial charge in [-0.05, 0) is 43.2 Å². The number of hydrogen-bond donors (Lipinski definition) is 0. The number of rotatable bonds is 8. The lowest BCUT2D eigenvalue weighted by atomic mass is 10.2. The van der Waals surface area contributed by atoms with Crippen LogP contribution in [0.5, 0.6) is 5.75 Å². The first kappa shape index (κ1) is 20.4. The van der Waals surface area contributed by atoms with Gasteiger partial charge in [0.1, 0.15) is 18.1 Å². The van der Waals surface area contributed by atoms with E-state index in [1.54, 1.807) is 28.8 Å². The molecule has 0 saturated heterocycles. The van der Waals surface area contributed by atoms with Crippen molar-refractivity contribution in [3.63, 3.8) is 0 Å². The summed E-state index contributed by atoms with van der Waals surface area (Å²) in [6.07, 6.45) is 1.70. The Labute approximate surface area is 171 Å². The number of aromatic nitrogens is 1. The second-order valence-electron chi connectivity index (χ2n) is 7.02. The van der Waals surface area contributed by atoms with Crippen LogP contribution in [0.4, 0.5) is 0 Å². The van der Waals surface area contributed by atoms with Crippen LogP contribution in [0.15, 0.2) is 66.9 Å². The molecule has 0 radical (unpaired) electrons. The van der Waals surface area contributed by atoms with Crippen molar-refractivity contribution in [3.05, 3.63) is 89.2 Å². The molecule has 150 valence electrons. The summed E-state index contributed by atoms with van der Waals surface area (Å²) in [6.45, 7) is 5.04. The molecule has 0 aliphatic carbocycles. The number of nitrogens with zero attached hydrogens (tertiary/aromatic N) is 2. The summed E-state index contributed by atoms with van der Waals surface area (Å²) < 4.78 is 7.53. The van der Waals surface area contributed by atoms with Crippen molar-refractivity contribution in [1.29, 1.82) is 0 Å². The van der Waals surface area contributed by atoms with Crippen LogP contribution in [0.2, 0.25) is 0 Å². The minimum absolute atomic E-state index is 0.0474. The smallest absolute Gasteiger partial charge is 0.270 e. The number of carbonyl (C=O) groups is 2. The summed E-state index contributed by atoms with van der Waals surface area (Å²) in [6, 6.07) is 19.5. The van der Waals surface area contributed by atoms with Crippen molar-refractivity contribution in [2.24, 2.45) is 7.05 Å². The third-order valence-electron chi connectivity index (χ3n) is 4.84. The fourth-order valence-corrected chi connectivity index (χ4v) is 3.11. The maximum Gasteiger partial charge on any atom is 0.270 e. The summed E-state index contributed by atoms with van der Waals surface area (Å²) >= 11 is 0. The van der Waals surface area contributed by atoms with Crippen molar-refractivity contribution in [3.8, 4) is 5.75 Å². The average molecular weight is 390 g/mol. The van der Waals surface area contributed by atoms with Crippen LogP contribution in [0, 0.1) is 0 Å². The molecule has 3 rings (SSSR count). The Bertz CT molecular complexity index is 975. The van der Waals surface area contributed by atoms with Gasteiger partial charge in [-0.25, -0.2) is 0 Å². The molecule has 0 saturated carbocycles. The molecular formula is C24H26N2O3. The SMILES string of the molecule is CCN(Cc1ccc(OCc2ccccc2)cc1)C(=O)c1cc(C(C)=O)cn1C. The predicted molar refractivity (Wildman–Crippen MR) is 113 cm³/mol. The Kier molecular flexibility index (Phi) is 6.50. The molecule has 1 amide bonds. The van der Waals surface area contributed by atoms with Crippen LogP contribution in [-0.2, 0) is 20.2 Å². The second kappa shape index (κ2) is 9.24. The topological polar surface area (TPSA) is 51.5 Å². The number of amides is 1. The molecule has 0 atom stereocenters. The molecule has 29 heavy (non-hydrogen) atoms. The van der Waals surface area contributed by atoms with E-state index in [0.29, 0.717) is 31.0 Å². The van der Waals surface area contributed by atoms with Crippen molar-refractivity contribution >= 4 is 11.7 Å². The molecule has 1 heterocycles. The Balaban J connectivity index is 1.64. The van der Waals surface area contributed by atoms with Crippen LogP contribution < -0.4 is 4.74 Å². The van der Waals surface area contributed by atoms with E-state index in [2.05, 4.69) is 0 Å². The van der Waals surface area contributed by atoms with Gasteiger partial charge in [-0.1, -0.05) is 42.5 Å². The molecule has 0 spiro atoms. The van der Waals surface area contributed by atoms with Gasteiger partial charge in [0.05, 0.1) is 0 Å². The first-order valence-corrected chi connectivity index (χ1v) is 9.70. The summed E-state index contributed by atoms with van der Waals surface area (Å²) in [5, 5.41) is 0. The number of benzene rings is 2. The highest BCUT2D eigenvalue weighted by molar-refractivity contribution is 5.99. The summed E-state index contributed by atoms with van der Waals surface area (Å²) in [5.41, 5.74) is 3.20. The van der Waals surface area contributed by atoms with E-state index >= 15 is 0 Å². The summed E-state index contributed by atoms with van der Waals surface area (Å²) in [7, 11) is 1.78. The van der Waals surface area contributed by atoms with E-state index in [4.69, 9.17) is 4.74 Å². The van der Waals surface area contributed by atoms with Gasteiger partial charge < -0.3 is 14.2 Å². The molecule has 5 heteroatoms. The molecule has 0 aliphatic heterocycles. The van der Waals surface area contributed by atoms with E-state index in [-0.39, 0.29) is 11.7 Å². The van der Waals surface area contributed by atoms with Crippen LogP contribution in [0.3, 0.4) is 0 Å². The van der Waals surface area contributed by atoms with E-state index in [1.165, 1.54) is 6.92 Å². The molecule has 0 unspecified atom stereocenters. The number of hydrogen-bond acceptors (Lipinski definition) is 3. The quantitative estimate of drug-likeness (QED) is 0.533. The monoisotopic (exact) mass is 390 g/mol. The van der Waals surface area contributed by atoms with Crippen molar-refractivity contribution < 1.29 is 14.3 Å². The lowest BCUT2D eigenvalue weighted by Gasteiger charge is -2.21. The molecule has 1 aromatic heterocycles. The van der Waals surface area contributed by atoms with Gasteiger partial charge in [-0.15, -0.1) is 0 Å². The van der Waals surface area contributed by atoms with E-state index in [0.717, 1.165) is 16.9 Å². The number of Topliss-reactive ketones (excluding diaryl/α,β-unsaturated/α-hetero) is 1. The molecule has 0 bridgehead atoms. The van der Waals surface area contributed by atoms with Gasteiger partial charge in [-0.2, -0.15) is 0 Å². The van der Waals surface area contributed by atoms with E-state index in [1.807, 2.05) is 61.5 Å². The third kappa shape index (κ3) is 5.13. The zero-order valence-corrected chi connectivity index (χ0v) is 17.1. The lowest BCUT2D eigenvalue weighted by Crippen LogP contribution is -2.31. The Morgan fingerprint density at radius 1 is 1.00 bits per heavy atom. The van der Waals surface area contributed by atoms with Gasteiger partial charge in [0, 0.05) is 31.9 Å². The Morgan fingerprint density at radius 3 is 2.28 bits per heavy atom. The maximum atomic E-state index is 12.9. The van der Waals surface area contributed by atoms with E-state index < -0.39 is 0 Å². The minimum Gasteiger partial charge on any atom is -0.489 e. The number of carbonyl (C=O) groups excluding carboxylic acids is 2. The first-order valence-electron chi connectivity index (χ1n) is 9.70. The summed E-state index contributed by atoms with van der Waals surface area (Å²) in [5.74, 6) is 0.654. The third-order valence-corrected chi connectivity index (χ3v) is 4.84. The zero-order chi connectivity index (χ0) is 20.8. The zero-order valence-electron chi connectivity index (χ0n) is 17.1. The van der Waals surface area contributed by atoms with Crippen molar-refractivity contribution in [2.75, 3.05) is 6.54 Å². The minimum atomic E-state index is -0.0908. The van der Waals surface area contributed by atoms with Gasteiger partial charge >= 0.3 is 0 Å².